The van der Waals surface area contributed by atoms with Crippen LogP contribution in [0.1, 0.15) is 11.1 Å². The van der Waals surface area contributed by atoms with E-state index >= 15 is 0 Å². The van der Waals surface area contributed by atoms with Crippen LogP contribution >= 0.6 is 0 Å². The molecule has 5 nitrogen and oxygen atoms in total. The number of ether oxygens (including phenoxy) is 1. The van der Waals surface area contributed by atoms with E-state index in [4.69, 9.17) is 4.74 Å². The molecule has 0 aliphatic rings. The molecule has 0 amide bonds. The third-order valence-electron chi connectivity index (χ3n) is 3.36. The Balaban J connectivity index is 2.02. The van der Waals surface area contributed by atoms with Gasteiger partial charge >= 0.3 is 5.97 Å². The lowest BCUT2D eigenvalue weighted by molar-refractivity contribution is -0.138. The number of nitrogens with zero attached hydrogens (tertiary/aromatic N) is 1. The van der Waals surface area contributed by atoms with E-state index in [0.717, 1.165) is 10.4 Å². The Morgan fingerprint density at radius 3 is 2.56 bits per heavy atom. The van der Waals surface area contributed by atoms with E-state index in [0.29, 0.717) is 5.56 Å². The minimum Gasteiger partial charge on any atom is -0.458 e. The first-order chi connectivity index (χ1) is 11.8. The summed E-state index contributed by atoms with van der Waals surface area (Å²) in [4.78, 5) is 11.9. The van der Waals surface area contributed by atoms with Crippen molar-refractivity contribution in [2.45, 2.75) is 11.5 Å². The fourth-order valence-corrected chi connectivity index (χ4v) is 2.95. The maximum Gasteiger partial charge on any atom is 0.331 e. The zero-order valence-electron chi connectivity index (χ0n) is 13.8. The van der Waals surface area contributed by atoms with E-state index < -0.39 is 21.8 Å². The quantitative estimate of drug-likeness (QED) is 0.585. The zero-order chi connectivity index (χ0) is 18.4. The van der Waals surface area contributed by atoms with Crippen LogP contribution in [0.15, 0.2) is 59.5 Å². The first kappa shape index (κ1) is 18.8. The number of carbonyl (C=O) groups is 1. The number of rotatable bonds is 6. The molecule has 0 aliphatic heterocycles. The molecule has 0 bridgehead atoms. The minimum absolute atomic E-state index is 0.0861. The van der Waals surface area contributed by atoms with Crippen LogP contribution < -0.4 is 0 Å². The topological polar surface area (TPSA) is 63.7 Å². The van der Waals surface area contributed by atoms with Gasteiger partial charge < -0.3 is 4.74 Å². The first-order valence-corrected chi connectivity index (χ1v) is 8.85. The lowest BCUT2D eigenvalue weighted by Gasteiger charge is -2.12. The van der Waals surface area contributed by atoms with Crippen LogP contribution in [-0.4, -0.2) is 32.8 Å². The molecule has 7 heteroatoms. The number of benzene rings is 2. The van der Waals surface area contributed by atoms with Crippen molar-refractivity contribution in [3.63, 3.8) is 0 Å². The van der Waals surface area contributed by atoms with Gasteiger partial charge in [0, 0.05) is 25.7 Å². The molecule has 0 N–H and O–H groups in total. The second-order valence-electron chi connectivity index (χ2n) is 5.40. The Hall–Kier alpha value is -2.51. The van der Waals surface area contributed by atoms with Gasteiger partial charge in [-0.25, -0.2) is 21.9 Å². The van der Waals surface area contributed by atoms with E-state index in [2.05, 4.69) is 0 Å². The molecule has 0 radical (unpaired) electrons. The fraction of sp³-hybridized carbons (Fsp3) is 0.167. The van der Waals surface area contributed by atoms with Crippen molar-refractivity contribution >= 4 is 22.1 Å². The maximum atomic E-state index is 13.4. The zero-order valence-corrected chi connectivity index (χ0v) is 14.7. The van der Waals surface area contributed by atoms with Gasteiger partial charge in [-0.05, 0) is 29.8 Å². The Morgan fingerprint density at radius 1 is 1.16 bits per heavy atom. The number of hydrogen-bond donors (Lipinski definition) is 0. The number of carbonyl (C=O) groups excluding carboxylic acids is 1. The van der Waals surface area contributed by atoms with Crippen molar-refractivity contribution in [1.82, 2.24) is 4.31 Å². The van der Waals surface area contributed by atoms with Gasteiger partial charge in [-0.2, -0.15) is 0 Å². The number of sulfonamides is 1. The lowest BCUT2D eigenvalue weighted by atomic mass is 10.2. The van der Waals surface area contributed by atoms with Crippen LogP contribution in [0.5, 0.6) is 0 Å². The summed E-state index contributed by atoms with van der Waals surface area (Å²) in [6, 6.07) is 12.2. The van der Waals surface area contributed by atoms with Gasteiger partial charge in [-0.15, -0.1) is 0 Å². The monoisotopic (exact) mass is 363 g/mol. The van der Waals surface area contributed by atoms with Crippen LogP contribution in [0, 0.1) is 5.82 Å². The summed E-state index contributed by atoms with van der Waals surface area (Å²) >= 11 is 0. The second-order valence-corrected chi connectivity index (χ2v) is 7.55. The molecule has 0 fully saturated rings. The van der Waals surface area contributed by atoms with Crippen LogP contribution in [-0.2, 0) is 26.2 Å². The van der Waals surface area contributed by atoms with Gasteiger partial charge in [0.1, 0.15) is 12.4 Å². The molecular formula is C18H18FNO4S. The highest BCUT2D eigenvalue weighted by Crippen LogP contribution is 2.15. The summed E-state index contributed by atoms with van der Waals surface area (Å²) in [5.41, 5.74) is 0.814. The second kappa shape index (κ2) is 8.04. The van der Waals surface area contributed by atoms with E-state index in [1.54, 1.807) is 24.3 Å². The average molecular weight is 363 g/mol. The van der Waals surface area contributed by atoms with Crippen molar-refractivity contribution in [3.8, 4) is 0 Å². The molecule has 2 rings (SSSR count). The molecule has 0 unspecified atom stereocenters. The minimum atomic E-state index is -3.55. The maximum absolute atomic E-state index is 13.4. The summed E-state index contributed by atoms with van der Waals surface area (Å²) in [5, 5.41) is 0. The number of esters is 1. The summed E-state index contributed by atoms with van der Waals surface area (Å²) in [6.07, 6.45) is 2.45. The predicted molar refractivity (Wildman–Crippen MR) is 92.5 cm³/mol. The van der Waals surface area contributed by atoms with E-state index in [1.165, 1.54) is 44.4 Å². The molecule has 0 aliphatic carbocycles. The van der Waals surface area contributed by atoms with E-state index in [1.807, 2.05) is 0 Å². The molecule has 0 atom stereocenters. The third-order valence-corrected chi connectivity index (χ3v) is 5.17. The molecule has 0 heterocycles. The molecule has 0 spiro atoms. The van der Waals surface area contributed by atoms with Crippen molar-refractivity contribution in [2.24, 2.45) is 0 Å². The number of halogens is 1. The van der Waals surface area contributed by atoms with Crippen LogP contribution in [0.4, 0.5) is 4.39 Å². The van der Waals surface area contributed by atoms with Gasteiger partial charge in [0.2, 0.25) is 10.0 Å². The van der Waals surface area contributed by atoms with Gasteiger partial charge in [-0.3, -0.25) is 0 Å². The molecule has 0 aromatic heterocycles. The highest BCUT2D eigenvalue weighted by atomic mass is 32.2. The summed E-state index contributed by atoms with van der Waals surface area (Å²) in [6.45, 7) is -0.0861. The van der Waals surface area contributed by atoms with Gasteiger partial charge in [0.15, 0.2) is 0 Å². The van der Waals surface area contributed by atoms with Gasteiger partial charge in [-0.1, -0.05) is 30.3 Å². The third kappa shape index (κ3) is 4.98. The molecule has 2 aromatic rings. The van der Waals surface area contributed by atoms with Crippen LogP contribution in [0.25, 0.3) is 6.08 Å². The smallest absolute Gasteiger partial charge is 0.331 e. The van der Waals surface area contributed by atoms with Crippen molar-refractivity contribution in [1.29, 1.82) is 0 Å². The van der Waals surface area contributed by atoms with Crippen molar-refractivity contribution in [2.75, 3.05) is 14.1 Å². The first-order valence-electron chi connectivity index (χ1n) is 7.41. The van der Waals surface area contributed by atoms with Crippen LogP contribution in [0.2, 0.25) is 0 Å². The molecule has 2 aromatic carbocycles. The van der Waals surface area contributed by atoms with Crippen LogP contribution in [0.3, 0.4) is 0 Å². The molecule has 25 heavy (non-hydrogen) atoms. The fourth-order valence-electron chi connectivity index (χ4n) is 1.98. The Bertz CT molecular complexity index is 891. The van der Waals surface area contributed by atoms with Crippen molar-refractivity contribution in [3.05, 3.63) is 71.6 Å². The molecule has 0 saturated heterocycles. The lowest BCUT2D eigenvalue weighted by Crippen LogP contribution is -2.22. The Kier molecular flexibility index (Phi) is 6.06. The summed E-state index contributed by atoms with van der Waals surface area (Å²) < 4.78 is 43.8. The highest BCUT2D eigenvalue weighted by molar-refractivity contribution is 7.89. The Labute approximate surface area is 146 Å². The van der Waals surface area contributed by atoms with E-state index in [-0.39, 0.29) is 17.1 Å². The summed E-state index contributed by atoms with van der Waals surface area (Å²) in [5.74, 6) is -1.09. The van der Waals surface area contributed by atoms with Gasteiger partial charge in [0.25, 0.3) is 0 Å². The molecular weight excluding hydrogens is 345 g/mol. The van der Waals surface area contributed by atoms with E-state index in [9.17, 15) is 17.6 Å². The predicted octanol–water partition coefficient (Wildman–Crippen LogP) is 2.83. The average Bonchev–Trinajstić information content (AvgIpc) is 2.59. The van der Waals surface area contributed by atoms with Gasteiger partial charge in [0.05, 0.1) is 4.90 Å². The van der Waals surface area contributed by atoms with Crippen molar-refractivity contribution < 1.29 is 22.3 Å². The summed E-state index contributed by atoms with van der Waals surface area (Å²) in [7, 11) is -0.672. The Morgan fingerprint density at radius 2 is 1.88 bits per heavy atom. The highest BCUT2D eigenvalue weighted by Gasteiger charge is 2.17. The largest absolute Gasteiger partial charge is 0.458 e. The molecule has 0 saturated carbocycles. The standard InChI is InChI=1S/C18H18FNO4S/c1-20(2)25(22,23)16-8-5-6-14(12-16)13-24-18(21)11-10-15-7-3-4-9-17(15)19/h3-12H,13H2,1-2H3/b11-10+. The number of hydrogen-bond acceptors (Lipinski definition) is 4. The normalized spacial score (nSPS) is 11.8. The molecule has 132 valence electrons. The SMILES string of the molecule is CN(C)S(=O)(=O)c1cccc(COC(=O)/C=C/c2ccccc2F)c1.